The third-order valence-corrected chi connectivity index (χ3v) is 4.24. The van der Waals surface area contributed by atoms with Gasteiger partial charge in [0.1, 0.15) is 19.0 Å². The van der Waals surface area contributed by atoms with E-state index in [0.717, 1.165) is 11.3 Å². The second kappa shape index (κ2) is 5.92. The number of ether oxygens (including phenoxy) is 2. The number of nitrogens with zero attached hydrogens (tertiary/aromatic N) is 1. The molecule has 0 saturated carbocycles. The molecule has 0 spiro atoms. The van der Waals surface area contributed by atoms with E-state index < -0.39 is 0 Å². The molecule has 1 aromatic heterocycles. The highest BCUT2D eigenvalue weighted by molar-refractivity contribution is 6.36. The van der Waals surface area contributed by atoms with Crippen LogP contribution in [0.2, 0.25) is 10.0 Å². The van der Waals surface area contributed by atoms with Crippen molar-refractivity contribution in [3.05, 3.63) is 46.4 Å². The number of aromatic nitrogens is 2. The highest BCUT2D eigenvalue weighted by atomic mass is 35.5. The number of hydrogen-bond acceptors (Lipinski definition) is 4. The van der Waals surface area contributed by atoms with E-state index >= 15 is 0 Å². The second-order valence-corrected chi connectivity index (χ2v) is 6.15. The average Bonchev–Trinajstić information content (AvgIpc) is 3.07. The van der Waals surface area contributed by atoms with Gasteiger partial charge in [0, 0.05) is 16.1 Å². The van der Waals surface area contributed by atoms with Crippen LogP contribution in [0.15, 0.2) is 36.4 Å². The monoisotopic (exact) mass is 362 g/mol. The number of fused-ring (bicyclic) bond motifs is 1. The Morgan fingerprint density at radius 2 is 1.79 bits per heavy atom. The highest BCUT2D eigenvalue weighted by Crippen LogP contribution is 2.39. The number of H-pyrrole nitrogens is 1. The van der Waals surface area contributed by atoms with E-state index in [9.17, 15) is 5.11 Å². The molecule has 1 aliphatic heterocycles. The molecule has 2 heterocycles. The molecule has 24 heavy (non-hydrogen) atoms. The molecule has 3 aromatic rings. The maximum Gasteiger partial charge on any atom is 0.162 e. The van der Waals surface area contributed by atoms with Gasteiger partial charge in [-0.2, -0.15) is 5.10 Å². The molecular weight excluding hydrogens is 351 g/mol. The van der Waals surface area contributed by atoms with Gasteiger partial charge in [0.2, 0.25) is 0 Å². The van der Waals surface area contributed by atoms with Crippen LogP contribution in [0.1, 0.15) is 0 Å². The Bertz CT molecular complexity index is 924. The van der Waals surface area contributed by atoms with Crippen LogP contribution >= 0.6 is 23.2 Å². The molecule has 4 rings (SSSR count). The summed E-state index contributed by atoms with van der Waals surface area (Å²) in [6, 6.07) is 10.6. The summed E-state index contributed by atoms with van der Waals surface area (Å²) in [7, 11) is 0. The van der Waals surface area contributed by atoms with Gasteiger partial charge in [-0.15, -0.1) is 0 Å². The number of phenols is 1. The topological polar surface area (TPSA) is 67.4 Å². The van der Waals surface area contributed by atoms with Crippen LogP contribution in [0.3, 0.4) is 0 Å². The van der Waals surface area contributed by atoms with Gasteiger partial charge in [-0.05, 0) is 36.4 Å². The average molecular weight is 363 g/mol. The van der Waals surface area contributed by atoms with Crippen LogP contribution in [0.5, 0.6) is 17.2 Å². The lowest BCUT2D eigenvalue weighted by molar-refractivity contribution is 0.171. The largest absolute Gasteiger partial charge is 0.506 e. The van der Waals surface area contributed by atoms with Gasteiger partial charge in [-0.3, -0.25) is 5.10 Å². The minimum Gasteiger partial charge on any atom is -0.506 e. The molecule has 0 radical (unpaired) electrons. The Labute approximate surface area is 147 Å². The number of halogens is 2. The molecule has 1 aliphatic rings. The molecule has 0 saturated heterocycles. The van der Waals surface area contributed by atoms with Gasteiger partial charge in [0.05, 0.1) is 16.4 Å². The van der Waals surface area contributed by atoms with E-state index in [1.165, 1.54) is 6.07 Å². The lowest BCUT2D eigenvalue weighted by atomic mass is 10.1. The van der Waals surface area contributed by atoms with Crippen LogP contribution in [-0.4, -0.2) is 28.5 Å². The van der Waals surface area contributed by atoms with E-state index in [4.69, 9.17) is 32.7 Å². The van der Waals surface area contributed by atoms with Gasteiger partial charge in [0.25, 0.3) is 0 Å². The van der Waals surface area contributed by atoms with Crippen molar-refractivity contribution in [2.45, 2.75) is 0 Å². The zero-order chi connectivity index (χ0) is 16.7. The lowest BCUT2D eigenvalue weighted by Crippen LogP contribution is -2.15. The van der Waals surface area contributed by atoms with Crippen molar-refractivity contribution in [1.29, 1.82) is 0 Å². The van der Waals surface area contributed by atoms with Crippen molar-refractivity contribution in [1.82, 2.24) is 10.2 Å². The predicted octanol–water partition coefficient (Wildman–Crippen LogP) is 4.53. The maximum atomic E-state index is 10.1. The fourth-order valence-electron chi connectivity index (χ4n) is 2.58. The Morgan fingerprint density at radius 1 is 1.00 bits per heavy atom. The van der Waals surface area contributed by atoms with Crippen LogP contribution in [0.4, 0.5) is 0 Å². The normalized spacial score (nSPS) is 13.1. The summed E-state index contributed by atoms with van der Waals surface area (Å²) < 4.78 is 11.1. The minimum atomic E-state index is -0.0431. The molecular formula is C17H12Cl2N2O3. The molecule has 0 unspecified atom stereocenters. The van der Waals surface area contributed by atoms with Crippen LogP contribution in [-0.2, 0) is 0 Å². The number of aromatic amines is 1. The Morgan fingerprint density at radius 3 is 2.62 bits per heavy atom. The van der Waals surface area contributed by atoms with Crippen molar-refractivity contribution >= 4 is 23.2 Å². The van der Waals surface area contributed by atoms with Gasteiger partial charge in [-0.25, -0.2) is 0 Å². The van der Waals surface area contributed by atoms with Gasteiger partial charge >= 0.3 is 0 Å². The molecule has 2 aromatic carbocycles. The van der Waals surface area contributed by atoms with Crippen molar-refractivity contribution < 1.29 is 14.6 Å². The first-order valence-corrected chi connectivity index (χ1v) is 8.01. The minimum absolute atomic E-state index is 0.0431. The number of hydrogen-bond donors (Lipinski definition) is 2. The molecule has 122 valence electrons. The molecule has 0 fully saturated rings. The van der Waals surface area contributed by atoms with Crippen molar-refractivity contribution in [3.63, 3.8) is 0 Å². The summed E-state index contributed by atoms with van der Waals surface area (Å²) in [5.41, 5.74) is 2.68. The summed E-state index contributed by atoms with van der Waals surface area (Å²) in [6.07, 6.45) is 0. The number of benzene rings is 2. The van der Waals surface area contributed by atoms with Crippen LogP contribution in [0, 0.1) is 0 Å². The Hall–Kier alpha value is -2.37. The smallest absolute Gasteiger partial charge is 0.162 e. The number of nitrogens with one attached hydrogen (secondary N) is 1. The lowest BCUT2D eigenvalue weighted by Gasteiger charge is -2.18. The van der Waals surface area contributed by atoms with Gasteiger partial charge < -0.3 is 14.6 Å². The number of phenolic OH excluding ortho intramolecular Hbond substituents is 1. The molecule has 0 aliphatic carbocycles. The summed E-state index contributed by atoms with van der Waals surface area (Å²) in [4.78, 5) is 0. The fraction of sp³-hybridized carbons (Fsp3) is 0.118. The Kier molecular flexibility index (Phi) is 3.75. The molecule has 0 amide bonds. The Balaban J connectivity index is 1.73. The molecule has 7 heteroatoms. The van der Waals surface area contributed by atoms with E-state index in [1.54, 1.807) is 6.07 Å². The predicted molar refractivity (Wildman–Crippen MR) is 92.1 cm³/mol. The van der Waals surface area contributed by atoms with E-state index in [0.29, 0.717) is 40.9 Å². The summed E-state index contributed by atoms with van der Waals surface area (Å²) >= 11 is 12.0. The van der Waals surface area contributed by atoms with Crippen molar-refractivity contribution in [2.24, 2.45) is 0 Å². The molecule has 5 nitrogen and oxygen atoms in total. The second-order valence-electron chi connectivity index (χ2n) is 5.31. The zero-order valence-corrected chi connectivity index (χ0v) is 13.9. The summed E-state index contributed by atoms with van der Waals surface area (Å²) in [5.74, 6) is 1.37. The molecule has 2 N–H and O–H groups in total. The first kappa shape index (κ1) is 15.2. The molecule has 0 atom stereocenters. The maximum absolute atomic E-state index is 10.1. The van der Waals surface area contributed by atoms with E-state index in [2.05, 4.69) is 10.2 Å². The fourth-order valence-corrected chi connectivity index (χ4v) is 3.07. The standard InChI is InChI=1S/C17H12Cl2N2O3/c18-10-6-11(17(22)12(19)7-10)14-8-13(20-21-14)9-1-2-15-16(5-9)24-4-3-23-15/h1-2,5-8,22H,3-4H2,(H,20,21). The van der Waals surface area contributed by atoms with Gasteiger partial charge in [-0.1, -0.05) is 23.2 Å². The van der Waals surface area contributed by atoms with E-state index in [-0.39, 0.29) is 10.8 Å². The quantitative estimate of drug-likeness (QED) is 0.702. The third kappa shape index (κ3) is 2.66. The summed E-state index contributed by atoms with van der Waals surface area (Å²) in [5, 5.41) is 18.0. The number of rotatable bonds is 2. The highest BCUT2D eigenvalue weighted by Gasteiger charge is 2.16. The van der Waals surface area contributed by atoms with Crippen molar-refractivity contribution in [3.8, 4) is 39.8 Å². The van der Waals surface area contributed by atoms with Crippen LogP contribution < -0.4 is 9.47 Å². The third-order valence-electron chi connectivity index (χ3n) is 3.73. The first-order chi connectivity index (χ1) is 11.6. The zero-order valence-electron chi connectivity index (χ0n) is 12.3. The van der Waals surface area contributed by atoms with E-state index in [1.807, 2.05) is 24.3 Å². The SMILES string of the molecule is Oc1c(Cl)cc(Cl)cc1-c1cc(-c2ccc3c(c2)OCCO3)n[nH]1. The molecule has 0 bridgehead atoms. The van der Waals surface area contributed by atoms with Crippen LogP contribution in [0.25, 0.3) is 22.5 Å². The summed E-state index contributed by atoms with van der Waals surface area (Å²) in [6.45, 7) is 1.07. The number of aromatic hydroxyl groups is 1. The van der Waals surface area contributed by atoms with Crippen molar-refractivity contribution in [2.75, 3.05) is 13.2 Å². The van der Waals surface area contributed by atoms with Gasteiger partial charge in [0.15, 0.2) is 11.5 Å². The first-order valence-electron chi connectivity index (χ1n) is 7.25.